The zero-order chi connectivity index (χ0) is 10.6. The molecule has 14 heavy (non-hydrogen) atoms. The van der Waals surface area contributed by atoms with Gasteiger partial charge in [-0.25, -0.2) is 4.39 Å². The molecule has 76 valence electrons. The van der Waals surface area contributed by atoms with E-state index < -0.39 is 18.2 Å². The first-order valence-corrected chi connectivity index (χ1v) is 4.25. The Morgan fingerprint density at radius 3 is 2.79 bits per heavy atom. The lowest BCUT2D eigenvalue weighted by Gasteiger charge is -2.05. The van der Waals surface area contributed by atoms with E-state index in [4.69, 9.17) is 9.84 Å². The highest BCUT2D eigenvalue weighted by atomic mass is 19.1. The summed E-state index contributed by atoms with van der Waals surface area (Å²) >= 11 is 0. The molecule has 0 heterocycles. The summed E-state index contributed by atoms with van der Waals surface area (Å²) in [6, 6.07) is 3.86. The minimum Gasteiger partial charge on any atom is -0.491 e. The Hall–Kier alpha value is -1.42. The van der Waals surface area contributed by atoms with Crippen LogP contribution in [0.15, 0.2) is 18.2 Å². The van der Waals surface area contributed by atoms with Gasteiger partial charge in [-0.3, -0.25) is 4.79 Å². The second-order valence-corrected chi connectivity index (χ2v) is 2.66. The first kappa shape index (κ1) is 10.7. The van der Waals surface area contributed by atoms with E-state index in [9.17, 15) is 9.18 Å². The van der Waals surface area contributed by atoms with Gasteiger partial charge in [0.2, 0.25) is 0 Å². The number of hydrogen-bond acceptors (Lipinski definition) is 3. The summed E-state index contributed by atoms with van der Waals surface area (Å²) in [5, 5.41) is 8.55. The zero-order valence-electron chi connectivity index (χ0n) is 7.79. The first-order valence-electron chi connectivity index (χ1n) is 4.25. The van der Waals surface area contributed by atoms with Crippen molar-refractivity contribution in [2.24, 2.45) is 0 Å². The molecule has 0 aliphatic heterocycles. The number of halogens is 1. The van der Waals surface area contributed by atoms with Crippen molar-refractivity contribution in [3.8, 4) is 5.75 Å². The van der Waals surface area contributed by atoms with Gasteiger partial charge in [0, 0.05) is 5.56 Å². The summed E-state index contributed by atoms with van der Waals surface area (Å²) in [4.78, 5) is 11.0. The number of ketones is 1. The number of benzene rings is 1. The highest BCUT2D eigenvalue weighted by molar-refractivity contribution is 5.97. The van der Waals surface area contributed by atoms with Crippen LogP contribution in [-0.2, 0) is 0 Å². The average Bonchev–Trinajstić information content (AvgIpc) is 2.20. The van der Waals surface area contributed by atoms with E-state index >= 15 is 0 Å². The van der Waals surface area contributed by atoms with Crippen LogP contribution in [0, 0.1) is 5.82 Å². The number of aliphatic hydroxyl groups excluding tert-OH is 1. The van der Waals surface area contributed by atoms with Crippen LogP contribution in [0.25, 0.3) is 0 Å². The Morgan fingerprint density at radius 2 is 2.29 bits per heavy atom. The van der Waals surface area contributed by atoms with Crippen LogP contribution in [0.4, 0.5) is 4.39 Å². The molecule has 0 spiro atoms. The number of hydrogen-bond donors (Lipinski definition) is 1. The minimum absolute atomic E-state index is 0.113. The van der Waals surface area contributed by atoms with Crippen LogP contribution in [0.1, 0.15) is 17.3 Å². The van der Waals surface area contributed by atoms with Crippen LogP contribution < -0.4 is 4.74 Å². The lowest BCUT2D eigenvalue weighted by atomic mass is 10.1. The standard InChI is InChI=1S/C10H11FO3/c1-2-14-10-4-3-7(5-8(10)11)9(13)6-12/h3-5,12H,2,6H2,1H3. The highest BCUT2D eigenvalue weighted by Gasteiger charge is 2.08. The van der Waals surface area contributed by atoms with Gasteiger partial charge in [0.15, 0.2) is 17.3 Å². The second kappa shape index (κ2) is 4.72. The maximum atomic E-state index is 13.2. The van der Waals surface area contributed by atoms with Crippen LogP contribution in [-0.4, -0.2) is 24.1 Å². The van der Waals surface area contributed by atoms with Crippen molar-refractivity contribution in [1.82, 2.24) is 0 Å². The molecule has 0 saturated carbocycles. The molecule has 0 saturated heterocycles. The molecule has 0 aliphatic rings. The fraction of sp³-hybridized carbons (Fsp3) is 0.300. The molecule has 1 N–H and O–H groups in total. The molecule has 0 aromatic heterocycles. The number of ether oxygens (including phenoxy) is 1. The molecule has 1 rings (SSSR count). The first-order chi connectivity index (χ1) is 6.69. The van der Waals surface area contributed by atoms with Gasteiger partial charge in [-0.1, -0.05) is 0 Å². The third-order valence-corrected chi connectivity index (χ3v) is 1.70. The van der Waals surface area contributed by atoms with Crippen LogP contribution >= 0.6 is 0 Å². The lowest BCUT2D eigenvalue weighted by Crippen LogP contribution is -2.05. The van der Waals surface area contributed by atoms with Gasteiger partial charge in [-0.15, -0.1) is 0 Å². The normalized spacial score (nSPS) is 9.93. The minimum atomic E-state index is -0.618. The molecular formula is C10H11FO3. The monoisotopic (exact) mass is 198 g/mol. The van der Waals surface area contributed by atoms with E-state index in [0.717, 1.165) is 6.07 Å². The molecule has 0 unspecified atom stereocenters. The van der Waals surface area contributed by atoms with Gasteiger partial charge < -0.3 is 9.84 Å². The number of carbonyl (C=O) groups is 1. The molecule has 1 aromatic rings. The fourth-order valence-corrected chi connectivity index (χ4v) is 1.04. The van der Waals surface area contributed by atoms with Crippen molar-refractivity contribution >= 4 is 5.78 Å². The third kappa shape index (κ3) is 2.29. The van der Waals surface area contributed by atoms with E-state index in [1.165, 1.54) is 12.1 Å². The summed E-state index contributed by atoms with van der Waals surface area (Å²) in [6.45, 7) is 1.49. The number of carbonyl (C=O) groups excluding carboxylic acids is 1. The predicted molar refractivity (Wildman–Crippen MR) is 49.0 cm³/mol. The van der Waals surface area contributed by atoms with Crippen molar-refractivity contribution in [2.75, 3.05) is 13.2 Å². The van der Waals surface area contributed by atoms with Crippen molar-refractivity contribution in [1.29, 1.82) is 0 Å². The average molecular weight is 198 g/mol. The molecule has 0 bridgehead atoms. The Morgan fingerprint density at radius 1 is 1.57 bits per heavy atom. The number of rotatable bonds is 4. The predicted octanol–water partition coefficient (Wildman–Crippen LogP) is 1.40. The van der Waals surface area contributed by atoms with E-state index in [2.05, 4.69) is 0 Å². The SMILES string of the molecule is CCOc1ccc(C(=O)CO)cc1F. The smallest absolute Gasteiger partial charge is 0.188 e. The fourth-order valence-electron chi connectivity index (χ4n) is 1.04. The van der Waals surface area contributed by atoms with E-state index in [1.807, 2.05) is 0 Å². The summed E-state index contributed by atoms with van der Waals surface area (Å²) < 4.78 is 18.1. The number of aliphatic hydroxyl groups is 1. The Balaban J connectivity index is 2.94. The van der Waals surface area contributed by atoms with Crippen LogP contribution in [0.2, 0.25) is 0 Å². The van der Waals surface area contributed by atoms with E-state index in [1.54, 1.807) is 6.92 Å². The molecule has 0 amide bonds. The summed E-state index contributed by atoms with van der Waals surface area (Å²) in [5.41, 5.74) is 0.147. The largest absolute Gasteiger partial charge is 0.491 e. The van der Waals surface area contributed by atoms with E-state index in [-0.39, 0.29) is 11.3 Å². The lowest BCUT2D eigenvalue weighted by molar-refractivity contribution is 0.0903. The Bertz CT molecular complexity index is 336. The molecule has 0 aliphatic carbocycles. The van der Waals surface area contributed by atoms with E-state index in [0.29, 0.717) is 6.61 Å². The van der Waals surface area contributed by atoms with Gasteiger partial charge in [-0.05, 0) is 25.1 Å². The zero-order valence-corrected chi connectivity index (χ0v) is 7.79. The van der Waals surface area contributed by atoms with Gasteiger partial charge in [-0.2, -0.15) is 0 Å². The maximum Gasteiger partial charge on any atom is 0.188 e. The molecule has 0 radical (unpaired) electrons. The molecule has 0 fully saturated rings. The van der Waals surface area contributed by atoms with Crippen molar-refractivity contribution in [2.45, 2.75) is 6.92 Å². The Labute approximate surface area is 81.1 Å². The molecule has 4 heteroatoms. The molecule has 0 atom stereocenters. The van der Waals surface area contributed by atoms with Crippen LogP contribution in [0.5, 0.6) is 5.75 Å². The molecule has 3 nitrogen and oxygen atoms in total. The second-order valence-electron chi connectivity index (χ2n) is 2.66. The summed E-state index contributed by atoms with van der Waals surface area (Å²) in [6.07, 6.45) is 0. The molecular weight excluding hydrogens is 187 g/mol. The topological polar surface area (TPSA) is 46.5 Å². The quantitative estimate of drug-likeness (QED) is 0.744. The van der Waals surface area contributed by atoms with Gasteiger partial charge in [0.1, 0.15) is 6.61 Å². The third-order valence-electron chi connectivity index (χ3n) is 1.70. The van der Waals surface area contributed by atoms with Gasteiger partial charge in [0.05, 0.1) is 6.61 Å². The van der Waals surface area contributed by atoms with Crippen LogP contribution in [0.3, 0.4) is 0 Å². The highest BCUT2D eigenvalue weighted by Crippen LogP contribution is 2.18. The Kier molecular flexibility index (Phi) is 3.59. The molecule has 1 aromatic carbocycles. The van der Waals surface area contributed by atoms with Gasteiger partial charge in [0.25, 0.3) is 0 Å². The van der Waals surface area contributed by atoms with Gasteiger partial charge >= 0.3 is 0 Å². The summed E-state index contributed by atoms with van der Waals surface area (Å²) in [5.74, 6) is -0.986. The van der Waals surface area contributed by atoms with Crippen molar-refractivity contribution < 1.29 is 19.0 Å². The van der Waals surface area contributed by atoms with Crippen molar-refractivity contribution in [3.05, 3.63) is 29.6 Å². The summed E-state index contributed by atoms with van der Waals surface area (Å²) in [7, 11) is 0. The number of Topliss-reactive ketones (excluding diaryl/α,β-unsaturated/α-hetero) is 1. The maximum absolute atomic E-state index is 13.2. The van der Waals surface area contributed by atoms with Crippen molar-refractivity contribution in [3.63, 3.8) is 0 Å².